The van der Waals surface area contributed by atoms with Gasteiger partial charge in [0.15, 0.2) is 5.09 Å². The molecule has 0 amide bonds. The van der Waals surface area contributed by atoms with E-state index < -0.39 is 5.09 Å². The van der Waals surface area contributed by atoms with Crippen molar-refractivity contribution < 1.29 is 10.0 Å². The summed E-state index contributed by atoms with van der Waals surface area (Å²) in [5.74, 6) is -0.242. The topological polar surface area (TPSA) is 103 Å². The van der Waals surface area contributed by atoms with E-state index in [0.717, 1.165) is 0 Å². The molecule has 0 aliphatic carbocycles. The van der Waals surface area contributed by atoms with E-state index in [-0.39, 0.29) is 5.96 Å². The van der Waals surface area contributed by atoms with Gasteiger partial charge in [-0.1, -0.05) is 17.7 Å². The van der Waals surface area contributed by atoms with Gasteiger partial charge in [-0.05, 0) is 18.2 Å². The third-order valence-corrected chi connectivity index (χ3v) is 1.54. The Kier molecular flexibility index (Phi) is 3.69. The van der Waals surface area contributed by atoms with Crippen molar-refractivity contribution in [2.45, 2.75) is 0 Å². The SMILES string of the molecule is NC(=NO[N+](=O)[O-])Nc1cccc(Cl)c1. The van der Waals surface area contributed by atoms with Crippen molar-refractivity contribution in [3.8, 4) is 0 Å². The number of rotatable bonds is 3. The Morgan fingerprint density at radius 2 is 2.40 bits per heavy atom. The fourth-order valence-corrected chi connectivity index (χ4v) is 1.00. The second kappa shape index (κ2) is 5.01. The first-order chi connectivity index (χ1) is 7.08. The minimum atomic E-state index is -1.08. The Bertz CT molecular complexity index is 396. The van der Waals surface area contributed by atoms with Crippen LogP contribution in [0.2, 0.25) is 5.02 Å². The smallest absolute Gasteiger partial charge is 0.345 e. The molecule has 1 aromatic carbocycles. The van der Waals surface area contributed by atoms with Gasteiger partial charge in [-0.25, -0.2) is 10.1 Å². The number of guanidine groups is 1. The average Bonchev–Trinajstić information content (AvgIpc) is 2.15. The lowest BCUT2D eigenvalue weighted by atomic mass is 10.3. The summed E-state index contributed by atoms with van der Waals surface area (Å²) in [5, 5.41) is 14.7. The number of hydrogen-bond acceptors (Lipinski definition) is 4. The highest BCUT2D eigenvalue weighted by Gasteiger charge is 2.01. The quantitative estimate of drug-likeness (QED) is 0.351. The molecule has 0 unspecified atom stereocenters. The lowest BCUT2D eigenvalue weighted by Crippen LogP contribution is -2.23. The van der Waals surface area contributed by atoms with Crippen LogP contribution >= 0.6 is 11.6 Å². The van der Waals surface area contributed by atoms with E-state index in [2.05, 4.69) is 15.4 Å². The van der Waals surface area contributed by atoms with E-state index in [1.54, 1.807) is 24.3 Å². The van der Waals surface area contributed by atoms with Crippen LogP contribution in [0.1, 0.15) is 0 Å². The van der Waals surface area contributed by atoms with Gasteiger partial charge in [0.25, 0.3) is 0 Å². The predicted octanol–water partition coefficient (Wildman–Crippen LogP) is 1.19. The maximum Gasteiger partial charge on any atom is 0.345 e. The molecule has 0 aromatic heterocycles. The highest BCUT2D eigenvalue weighted by atomic mass is 35.5. The molecule has 0 atom stereocenters. The molecule has 0 saturated heterocycles. The zero-order valence-electron chi connectivity index (χ0n) is 7.38. The van der Waals surface area contributed by atoms with Gasteiger partial charge in [-0.2, -0.15) is 4.94 Å². The van der Waals surface area contributed by atoms with Crippen LogP contribution in [0.4, 0.5) is 5.69 Å². The summed E-state index contributed by atoms with van der Waals surface area (Å²) in [6.45, 7) is 0. The molecular weight excluding hydrogens is 224 g/mol. The Balaban J connectivity index is 2.61. The van der Waals surface area contributed by atoms with Crippen LogP contribution in [0.15, 0.2) is 29.4 Å². The lowest BCUT2D eigenvalue weighted by molar-refractivity contribution is -0.760. The number of halogens is 1. The van der Waals surface area contributed by atoms with Crippen LogP contribution in [-0.2, 0) is 4.94 Å². The van der Waals surface area contributed by atoms with Crippen LogP contribution in [0.25, 0.3) is 0 Å². The molecule has 0 aliphatic rings. The number of nitrogens with one attached hydrogen (secondary N) is 1. The number of oxime groups is 1. The minimum Gasteiger partial charge on any atom is -0.346 e. The summed E-state index contributed by atoms with van der Waals surface area (Å²) < 4.78 is 0. The first-order valence-corrected chi connectivity index (χ1v) is 4.13. The van der Waals surface area contributed by atoms with Crippen LogP contribution in [0.5, 0.6) is 0 Å². The number of nitrogens with zero attached hydrogens (tertiary/aromatic N) is 2. The van der Waals surface area contributed by atoms with Crippen molar-refractivity contribution in [3.05, 3.63) is 39.4 Å². The molecule has 0 heterocycles. The molecule has 1 rings (SSSR count). The van der Waals surface area contributed by atoms with E-state index in [1.165, 1.54) is 0 Å². The van der Waals surface area contributed by atoms with Crippen LogP contribution in [-0.4, -0.2) is 11.0 Å². The highest BCUT2D eigenvalue weighted by Crippen LogP contribution is 2.14. The monoisotopic (exact) mass is 230 g/mol. The van der Waals surface area contributed by atoms with Crippen LogP contribution < -0.4 is 11.1 Å². The molecule has 1 aromatic rings. The molecule has 3 N–H and O–H groups in total. The fraction of sp³-hybridized carbons (Fsp3) is 0. The molecule has 0 aliphatic heterocycles. The van der Waals surface area contributed by atoms with Gasteiger partial charge < -0.3 is 11.1 Å². The third-order valence-electron chi connectivity index (χ3n) is 1.30. The molecule has 80 valence electrons. The van der Waals surface area contributed by atoms with E-state index in [0.29, 0.717) is 10.7 Å². The van der Waals surface area contributed by atoms with E-state index >= 15 is 0 Å². The summed E-state index contributed by atoms with van der Waals surface area (Å²) in [6.07, 6.45) is 0. The summed E-state index contributed by atoms with van der Waals surface area (Å²) in [6, 6.07) is 6.61. The molecule has 0 fully saturated rings. The van der Waals surface area contributed by atoms with E-state index in [4.69, 9.17) is 17.3 Å². The van der Waals surface area contributed by atoms with Crippen molar-refractivity contribution in [2.24, 2.45) is 10.9 Å². The fourth-order valence-electron chi connectivity index (χ4n) is 0.814. The Morgan fingerprint density at radius 1 is 1.67 bits per heavy atom. The van der Waals surface area contributed by atoms with Crippen molar-refractivity contribution >= 4 is 23.2 Å². The summed E-state index contributed by atoms with van der Waals surface area (Å²) in [5.41, 5.74) is 5.82. The van der Waals surface area contributed by atoms with Crippen LogP contribution in [0.3, 0.4) is 0 Å². The summed E-state index contributed by atoms with van der Waals surface area (Å²) in [4.78, 5) is 13.5. The summed E-state index contributed by atoms with van der Waals surface area (Å²) in [7, 11) is 0. The van der Waals surface area contributed by atoms with Gasteiger partial charge >= 0.3 is 5.96 Å². The first kappa shape index (κ1) is 11.1. The first-order valence-electron chi connectivity index (χ1n) is 3.75. The molecule has 15 heavy (non-hydrogen) atoms. The minimum absolute atomic E-state index is 0.242. The molecule has 0 radical (unpaired) electrons. The molecule has 0 saturated carbocycles. The van der Waals surface area contributed by atoms with Crippen molar-refractivity contribution in [1.82, 2.24) is 0 Å². The number of benzene rings is 1. The van der Waals surface area contributed by atoms with Gasteiger partial charge in [-0.3, -0.25) is 0 Å². The molecule has 0 bridgehead atoms. The number of anilines is 1. The average molecular weight is 231 g/mol. The standard InChI is InChI=1S/C7H7ClN4O3/c8-5-2-1-3-6(4-5)10-7(9)11-15-12(13)14/h1-4H,(H3,9,10,11). The van der Waals surface area contributed by atoms with Crippen molar-refractivity contribution in [2.75, 3.05) is 5.32 Å². The van der Waals surface area contributed by atoms with Gasteiger partial charge in [-0.15, -0.1) is 0 Å². The zero-order chi connectivity index (χ0) is 11.3. The second-order valence-electron chi connectivity index (χ2n) is 2.42. The Morgan fingerprint density at radius 3 is 3.00 bits per heavy atom. The molecule has 0 spiro atoms. The normalized spacial score (nSPS) is 10.9. The Hall–Kier alpha value is -2.02. The van der Waals surface area contributed by atoms with E-state index in [9.17, 15) is 10.1 Å². The lowest BCUT2D eigenvalue weighted by Gasteiger charge is -2.00. The van der Waals surface area contributed by atoms with Crippen molar-refractivity contribution in [1.29, 1.82) is 0 Å². The van der Waals surface area contributed by atoms with Gasteiger partial charge in [0.1, 0.15) is 5.16 Å². The number of nitrogens with two attached hydrogens (primary N) is 1. The molecule has 8 heteroatoms. The van der Waals surface area contributed by atoms with E-state index in [1.807, 2.05) is 0 Å². The maximum atomic E-state index is 9.78. The van der Waals surface area contributed by atoms with Crippen LogP contribution in [0, 0.1) is 10.1 Å². The second-order valence-corrected chi connectivity index (χ2v) is 2.85. The Labute approximate surface area is 89.6 Å². The summed E-state index contributed by atoms with van der Waals surface area (Å²) >= 11 is 5.70. The number of hydrogen-bond donors (Lipinski definition) is 2. The predicted molar refractivity (Wildman–Crippen MR) is 54.8 cm³/mol. The van der Waals surface area contributed by atoms with Crippen molar-refractivity contribution in [3.63, 3.8) is 0 Å². The molecule has 7 nitrogen and oxygen atoms in total. The third kappa shape index (κ3) is 4.14. The molecular formula is C7H7ClN4O3. The van der Waals surface area contributed by atoms with Gasteiger partial charge in [0, 0.05) is 10.7 Å². The van der Waals surface area contributed by atoms with Gasteiger partial charge in [0.05, 0.1) is 0 Å². The van der Waals surface area contributed by atoms with Gasteiger partial charge in [0.2, 0.25) is 0 Å². The zero-order valence-corrected chi connectivity index (χ0v) is 8.14. The highest BCUT2D eigenvalue weighted by molar-refractivity contribution is 6.30. The largest absolute Gasteiger partial charge is 0.346 e. The maximum absolute atomic E-state index is 9.78.